The minimum absolute atomic E-state index is 0.0429. The molecule has 0 fully saturated rings. The van der Waals surface area contributed by atoms with Gasteiger partial charge in [0, 0.05) is 12.6 Å². The summed E-state index contributed by atoms with van der Waals surface area (Å²) in [4.78, 5) is 0.389. The van der Waals surface area contributed by atoms with Gasteiger partial charge < -0.3 is 5.32 Å². The average molecular weight is 326 g/mol. The van der Waals surface area contributed by atoms with Crippen LogP contribution in [0.3, 0.4) is 0 Å². The Balaban J connectivity index is 1.79. The Morgan fingerprint density at radius 2 is 2.00 bits per heavy atom. The standard InChI is InChI=1S/C15H13ClFNO2S/c16-12-7-10(5-6-13(12)17)8-18-14-9-21(19,20)15-4-2-1-3-11(14)15/h1-7,14,18H,8-9H2. The second-order valence-corrected chi connectivity index (χ2v) is 7.41. The van der Waals surface area contributed by atoms with E-state index < -0.39 is 15.7 Å². The lowest BCUT2D eigenvalue weighted by atomic mass is 10.1. The molecule has 0 spiro atoms. The fraction of sp³-hybridized carbons (Fsp3) is 0.200. The molecule has 1 unspecified atom stereocenters. The van der Waals surface area contributed by atoms with Crippen molar-refractivity contribution in [2.45, 2.75) is 17.5 Å². The molecule has 1 heterocycles. The van der Waals surface area contributed by atoms with Gasteiger partial charge in [-0.25, -0.2) is 12.8 Å². The Hall–Kier alpha value is -1.43. The number of halogens is 2. The number of hydrogen-bond acceptors (Lipinski definition) is 3. The molecule has 0 bridgehead atoms. The van der Waals surface area contributed by atoms with E-state index in [1.54, 1.807) is 24.3 Å². The zero-order chi connectivity index (χ0) is 15.0. The summed E-state index contributed by atoms with van der Waals surface area (Å²) in [7, 11) is -3.22. The number of fused-ring (bicyclic) bond motifs is 1. The van der Waals surface area contributed by atoms with Crippen molar-refractivity contribution in [2.75, 3.05) is 5.75 Å². The summed E-state index contributed by atoms with van der Waals surface area (Å²) < 4.78 is 37.2. The van der Waals surface area contributed by atoms with Crippen LogP contribution in [0.5, 0.6) is 0 Å². The van der Waals surface area contributed by atoms with Crippen LogP contribution >= 0.6 is 11.6 Å². The van der Waals surface area contributed by atoms with Crippen molar-refractivity contribution in [3.8, 4) is 0 Å². The Kier molecular flexibility index (Phi) is 3.73. The molecule has 1 aliphatic heterocycles. The Morgan fingerprint density at radius 1 is 1.24 bits per heavy atom. The Morgan fingerprint density at radius 3 is 2.76 bits per heavy atom. The third-order valence-electron chi connectivity index (χ3n) is 3.55. The second-order valence-electron chi connectivity index (χ2n) is 5.00. The van der Waals surface area contributed by atoms with Gasteiger partial charge in [0.1, 0.15) is 5.82 Å². The van der Waals surface area contributed by atoms with Crippen molar-refractivity contribution in [3.05, 3.63) is 64.4 Å². The van der Waals surface area contributed by atoms with E-state index >= 15 is 0 Å². The lowest BCUT2D eigenvalue weighted by Crippen LogP contribution is -2.22. The first kappa shape index (κ1) is 14.5. The van der Waals surface area contributed by atoms with E-state index in [-0.39, 0.29) is 16.8 Å². The fourth-order valence-electron chi connectivity index (χ4n) is 2.51. The number of rotatable bonds is 3. The quantitative estimate of drug-likeness (QED) is 0.943. The summed E-state index contributed by atoms with van der Waals surface area (Å²) in [5.41, 5.74) is 1.59. The summed E-state index contributed by atoms with van der Waals surface area (Å²) in [6.07, 6.45) is 0. The summed E-state index contributed by atoms with van der Waals surface area (Å²) in [5.74, 6) is -0.421. The third-order valence-corrected chi connectivity index (χ3v) is 5.66. The van der Waals surface area contributed by atoms with Crippen LogP contribution < -0.4 is 5.32 Å². The number of hydrogen-bond donors (Lipinski definition) is 1. The second kappa shape index (κ2) is 5.40. The van der Waals surface area contributed by atoms with E-state index in [1.165, 1.54) is 6.07 Å². The topological polar surface area (TPSA) is 46.2 Å². The smallest absolute Gasteiger partial charge is 0.180 e. The molecule has 0 aliphatic carbocycles. The van der Waals surface area contributed by atoms with Crippen LogP contribution in [-0.4, -0.2) is 14.2 Å². The minimum Gasteiger partial charge on any atom is -0.305 e. The zero-order valence-corrected chi connectivity index (χ0v) is 12.6. The normalized spacial score (nSPS) is 19.4. The summed E-state index contributed by atoms with van der Waals surface area (Å²) in [6.45, 7) is 0.425. The summed E-state index contributed by atoms with van der Waals surface area (Å²) in [5, 5.41) is 3.26. The molecule has 3 nitrogen and oxygen atoms in total. The predicted molar refractivity (Wildman–Crippen MR) is 79.5 cm³/mol. The Bertz CT molecular complexity index is 792. The van der Waals surface area contributed by atoms with Gasteiger partial charge in [-0.1, -0.05) is 35.9 Å². The van der Waals surface area contributed by atoms with E-state index in [2.05, 4.69) is 5.32 Å². The molecule has 1 N–H and O–H groups in total. The van der Waals surface area contributed by atoms with Gasteiger partial charge in [0.05, 0.1) is 15.7 Å². The first-order valence-corrected chi connectivity index (χ1v) is 8.49. The molecular weight excluding hydrogens is 313 g/mol. The van der Waals surface area contributed by atoms with Gasteiger partial charge in [-0.3, -0.25) is 0 Å². The van der Waals surface area contributed by atoms with Crippen molar-refractivity contribution >= 4 is 21.4 Å². The molecule has 3 rings (SSSR count). The molecule has 6 heteroatoms. The lowest BCUT2D eigenvalue weighted by molar-refractivity contribution is 0.565. The molecule has 0 radical (unpaired) electrons. The highest BCUT2D eigenvalue weighted by molar-refractivity contribution is 7.91. The average Bonchev–Trinajstić information content (AvgIpc) is 2.72. The van der Waals surface area contributed by atoms with Gasteiger partial charge in [-0.2, -0.15) is 0 Å². The maximum absolute atomic E-state index is 13.1. The molecule has 0 aromatic heterocycles. The molecule has 2 aromatic rings. The third kappa shape index (κ3) is 2.81. The zero-order valence-electron chi connectivity index (χ0n) is 11.0. The molecule has 1 atom stereocenters. The highest BCUT2D eigenvalue weighted by atomic mass is 35.5. The van der Waals surface area contributed by atoms with Gasteiger partial charge in [-0.05, 0) is 29.3 Å². The van der Waals surface area contributed by atoms with E-state index in [9.17, 15) is 12.8 Å². The maximum Gasteiger partial charge on any atom is 0.180 e. The minimum atomic E-state index is -3.22. The first-order valence-electron chi connectivity index (χ1n) is 6.46. The molecular formula is C15H13ClFNO2S. The molecule has 0 saturated heterocycles. The largest absolute Gasteiger partial charge is 0.305 e. The number of sulfone groups is 1. The number of nitrogens with one attached hydrogen (secondary N) is 1. The number of benzene rings is 2. The van der Waals surface area contributed by atoms with Crippen molar-refractivity contribution < 1.29 is 12.8 Å². The van der Waals surface area contributed by atoms with Crippen LogP contribution in [0.2, 0.25) is 5.02 Å². The highest BCUT2D eigenvalue weighted by Gasteiger charge is 2.33. The van der Waals surface area contributed by atoms with Crippen LogP contribution in [0, 0.1) is 5.82 Å². The van der Waals surface area contributed by atoms with E-state index in [4.69, 9.17) is 11.6 Å². The SMILES string of the molecule is O=S1(=O)CC(NCc2ccc(F)c(Cl)c2)c2ccccc21. The van der Waals surface area contributed by atoms with Crippen LogP contribution in [0.15, 0.2) is 47.4 Å². The van der Waals surface area contributed by atoms with Gasteiger partial charge in [0.25, 0.3) is 0 Å². The molecule has 1 aliphatic rings. The van der Waals surface area contributed by atoms with Crippen LogP contribution in [0.4, 0.5) is 4.39 Å². The van der Waals surface area contributed by atoms with Crippen molar-refractivity contribution in [2.24, 2.45) is 0 Å². The van der Waals surface area contributed by atoms with Crippen LogP contribution in [0.1, 0.15) is 17.2 Å². The molecule has 0 saturated carbocycles. The van der Waals surface area contributed by atoms with Crippen molar-refractivity contribution in [1.29, 1.82) is 0 Å². The molecule has 21 heavy (non-hydrogen) atoms. The maximum atomic E-state index is 13.1. The van der Waals surface area contributed by atoms with E-state index in [1.807, 2.05) is 12.1 Å². The van der Waals surface area contributed by atoms with Crippen LogP contribution in [0.25, 0.3) is 0 Å². The predicted octanol–water partition coefficient (Wildman–Crippen LogP) is 3.10. The van der Waals surface area contributed by atoms with E-state index in [0.29, 0.717) is 11.4 Å². The monoisotopic (exact) mass is 325 g/mol. The van der Waals surface area contributed by atoms with Crippen LogP contribution in [-0.2, 0) is 16.4 Å². The molecule has 0 amide bonds. The van der Waals surface area contributed by atoms with Crippen molar-refractivity contribution in [1.82, 2.24) is 5.32 Å². The summed E-state index contributed by atoms with van der Waals surface area (Å²) in [6, 6.07) is 11.2. The fourth-order valence-corrected chi connectivity index (χ4v) is 4.48. The van der Waals surface area contributed by atoms with E-state index in [0.717, 1.165) is 11.1 Å². The van der Waals surface area contributed by atoms with Crippen molar-refractivity contribution in [3.63, 3.8) is 0 Å². The van der Waals surface area contributed by atoms with Gasteiger partial charge in [0.15, 0.2) is 9.84 Å². The summed E-state index contributed by atoms with van der Waals surface area (Å²) >= 11 is 5.74. The van der Waals surface area contributed by atoms with Gasteiger partial charge >= 0.3 is 0 Å². The van der Waals surface area contributed by atoms with Gasteiger partial charge in [-0.15, -0.1) is 0 Å². The Labute approximate surface area is 127 Å². The van der Waals surface area contributed by atoms with Gasteiger partial charge in [0.2, 0.25) is 0 Å². The lowest BCUT2D eigenvalue weighted by Gasteiger charge is -2.13. The molecule has 2 aromatic carbocycles. The highest BCUT2D eigenvalue weighted by Crippen LogP contribution is 2.33. The molecule has 110 valence electrons. The first-order chi connectivity index (χ1) is 9.97.